The fourth-order valence-electron chi connectivity index (χ4n) is 2.04. The van der Waals surface area contributed by atoms with Gasteiger partial charge in [-0.25, -0.2) is 0 Å². The fraction of sp³-hybridized carbons (Fsp3) is 0.556. The molecule has 0 radical (unpaired) electrons. The highest BCUT2D eigenvalue weighted by molar-refractivity contribution is 5.35. The summed E-state index contributed by atoms with van der Waals surface area (Å²) in [6.07, 6.45) is -0.890. The van der Waals surface area contributed by atoms with Crippen molar-refractivity contribution in [2.75, 3.05) is 13.1 Å². The van der Waals surface area contributed by atoms with E-state index in [4.69, 9.17) is 0 Å². The highest BCUT2D eigenvalue weighted by Crippen LogP contribution is 2.34. The first-order valence-electron chi connectivity index (χ1n) is 4.09. The number of hydrogen-bond acceptors (Lipinski definition) is 3. The van der Waals surface area contributed by atoms with E-state index in [0.717, 1.165) is 11.1 Å². The van der Waals surface area contributed by atoms with Crippen LogP contribution in [0.25, 0.3) is 0 Å². The second-order valence-corrected chi connectivity index (χ2v) is 3.54. The van der Waals surface area contributed by atoms with Crippen LogP contribution < -0.4 is 0 Å². The minimum Gasteiger partial charge on any atom is -0.387 e. The van der Waals surface area contributed by atoms with E-state index in [9.17, 15) is 10.2 Å². The lowest BCUT2D eigenvalue weighted by atomic mass is 10.0. The summed E-state index contributed by atoms with van der Waals surface area (Å²) < 4.78 is 0. The molecular weight excluding hydrogens is 154 g/mol. The Labute approximate surface area is 71.6 Å². The molecule has 2 saturated heterocycles. The van der Waals surface area contributed by atoms with Crippen molar-refractivity contribution in [3.63, 3.8) is 0 Å². The van der Waals surface area contributed by atoms with Gasteiger partial charge in [0, 0.05) is 13.1 Å². The molecule has 0 saturated carbocycles. The molecule has 3 nitrogen and oxygen atoms in total. The van der Waals surface area contributed by atoms with E-state index in [1.54, 1.807) is 0 Å². The van der Waals surface area contributed by atoms with E-state index < -0.39 is 12.2 Å². The molecule has 0 unspecified atom stereocenters. The Morgan fingerprint density at radius 1 is 1.08 bits per heavy atom. The van der Waals surface area contributed by atoms with Crippen molar-refractivity contribution in [3.8, 4) is 0 Å². The summed E-state index contributed by atoms with van der Waals surface area (Å²) in [6.45, 7) is 8.76. The van der Waals surface area contributed by atoms with E-state index >= 15 is 0 Å². The minimum absolute atomic E-state index is 0.00926. The lowest BCUT2D eigenvalue weighted by Crippen LogP contribution is -2.25. The third-order valence-corrected chi connectivity index (χ3v) is 2.74. The molecule has 66 valence electrons. The number of aliphatic hydroxyl groups excluding tert-OH is 2. The van der Waals surface area contributed by atoms with Gasteiger partial charge in [0.1, 0.15) is 0 Å². The lowest BCUT2D eigenvalue weighted by Gasteiger charge is -2.13. The van der Waals surface area contributed by atoms with Gasteiger partial charge in [-0.3, -0.25) is 4.90 Å². The van der Waals surface area contributed by atoms with Crippen LogP contribution >= 0.6 is 0 Å². The van der Waals surface area contributed by atoms with Crippen LogP contribution in [0.1, 0.15) is 0 Å². The summed E-state index contributed by atoms with van der Waals surface area (Å²) in [5.41, 5.74) is 1.55. The molecule has 2 N–H and O–H groups in total. The summed E-state index contributed by atoms with van der Waals surface area (Å²) in [7, 11) is 0. The van der Waals surface area contributed by atoms with E-state index in [-0.39, 0.29) is 6.04 Å². The van der Waals surface area contributed by atoms with Crippen molar-refractivity contribution in [2.24, 2.45) is 0 Å². The Hall–Kier alpha value is -0.640. The Morgan fingerprint density at radius 3 is 1.83 bits per heavy atom. The predicted octanol–water partition coefficient (Wildman–Crippen LogP) is -0.482. The van der Waals surface area contributed by atoms with Crippen LogP contribution in [0.3, 0.4) is 0 Å². The highest BCUT2D eigenvalue weighted by atomic mass is 16.3. The summed E-state index contributed by atoms with van der Waals surface area (Å²) in [6, 6.07) is 0.00926. The molecule has 0 spiro atoms. The van der Waals surface area contributed by atoms with Crippen molar-refractivity contribution in [3.05, 3.63) is 24.3 Å². The second kappa shape index (κ2) is 2.42. The van der Waals surface area contributed by atoms with Gasteiger partial charge < -0.3 is 10.2 Å². The lowest BCUT2D eigenvalue weighted by molar-refractivity contribution is 0.163. The Balaban J connectivity index is 2.26. The first kappa shape index (κ1) is 7.98. The molecule has 0 aliphatic carbocycles. The first-order valence-corrected chi connectivity index (χ1v) is 4.09. The van der Waals surface area contributed by atoms with Gasteiger partial charge in [0.15, 0.2) is 0 Å². The summed E-state index contributed by atoms with van der Waals surface area (Å²) in [5, 5.41) is 18.9. The average Bonchev–Trinajstić information content (AvgIpc) is 2.40. The smallest absolute Gasteiger partial charge is 0.0893 e. The topological polar surface area (TPSA) is 43.7 Å². The van der Waals surface area contributed by atoms with Crippen LogP contribution in [0.2, 0.25) is 0 Å². The van der Waals surface area contributed by atoms with Crippen LogP contribution in [0.5, 0.6) is 0 Å². The van der Waals surface area contributed by atoms with Crippen LogP contribution in [0.15, 0.2) is 24.3 Å². The van der Waals surface area contributed by atoms with Crippen molar-refractivity contribution < 1.29 is 10.2 Å². The molecule has 0 aromatic heterocycles. The minimum atomic E-state index is -0.445. The largest absolute Gasteiger partial charge is 0.387 e. The first-order chi connectivity index (χ1) is 5.61. The quantitative estimate of drug-likeness (QED) is 0.479. The molecule has 2 aliphatic rings. The molecule has 2 aliphatic heterocycles. The van der Waals surface area contributed by atoms with Gasteiger partial charge >= 0.3 is 0 Å². The molecule has 2 heterocycles. The molecule has 2 rings (SSSR count). The molecular formula is C9H13NO2. The predicted molar refractivity (Wildman–Crippen MR) is 45.7 cm³/mol. The average molecular weight is 167 g/mol. The molecule has 2 fully saturated rings. The van der Waals surface area contributed by atoms with E-state index in [1.165, 1.54) is 0 Å². The summed E-state index contributed by atoms with van der Waals surface area (Å²) in [5.74, 6) is 0. The van der Waals surface area contributed by atoms with Crippen molar-refractivity contribution in [1.29, 1.82) is 0 Å². The monoisotopic (exact) mass is 167 g/mol. The molecule has 0 aromatic rings. The number of aliphatic hydroxyl groups is 2. The highest BCUT2D eigenvalue weighted by Gasteiger charge is 2.43. The summed E-state index contributed by atoms with van der Waals surface area (Å²) >= 11 is 0. The van der Waals surface area contributed by atoms with Gasteiger partial charge in [0.05, 0.1) is 18.2 Å². The Kier molecular flexibility index (Phi) is 1.61. The number of hydrogen-bond donors (Lipinski definition) is 2. The van der Waals surface area contributed by atoms with Crippen molar-refractivity contribution in [1.82, 2.24) is 4.90 Å². The molecule has 0 bridgehead atoms. The Bertz CT molecular complexity index is 225. The summed E-state index contributed by atoms with van der Waals surface area (Å²) in [4.78, 5) is 2.01. The van der Waals surface area contributed by atoms with Gasteiger partial charge in [0.25, 0.3) is 0 Å². The second-order valence-electron chi connectivity index (χ2n) is 3.54. The molecule has 3 atom stereocenters. The standard InChI is InChI=1S/C9H13NO2/c1-5-7(11)3-10-4-8(12)6(2)9(5)10/h7-9,11-12H,1-4H2/t7-,8+,9-. The fourth-order valence-corrected chi connectivity index (χ4v) is 2.04. The molecule has 3 heteroatoms. The number of nitrogens with zero attached hydrogens (tertiary/aromatic N) is 1. The number of fused-ring (bicyclic) bond motifs is 1. The van der Waals surface area contributed by atoms with Gasteiger partial charge in [-0.15, -0.1) is 0 Å². The van der Waals surface area contributed by atoms with Gasteiger partial charge in [-0.2, -0.15) is 0 Å². The molecule has 0 aromatic carbocycles. The SMILES string of the molecule is C=C1[C@@H]2C(=C)[C@@H](O)CN2C[C@H]1O. The van der Waals surface area contributed by atoms with E-state index in [0.29, 0.717) is 13.1 Å². The maximum atomic E-state index is 9.44. The zero-order valence-corrected chi connectivity index (χ0v) is 6.90. The van der Waals surface area contributed by atoms with Crippen LogP contribution in [-0.4, -0.2) is 46.5 Å². The van der Waals surface area contributed by atoms with Gasteiger partial charge in [-0.05, 0) is 11.1 Å². The number of rotatable bonds is 0. The maximum absolute atomic E-state index is 9.44. The third kappa shape index (κ3) is 0.874. The zero-order valence-electron chi connectivity index (χ0n) is 6.90. The van der Waals surface area contributed by atoms with Gasteiger partial charge in [-0.1, -0.05) is 13.2 Å². The molecule has 0 amide bonds. The Morgan fingerprint density at radius 2 is 1.50 bits per heavy atom. The van der Waals surface area contributed by atoms with Crippen molar-refractivity contribution in [2.45, 2.75) is 18.2 Å². The van der Waals surface area contributed by atoms with Crippen LogP contribution in [0.4, 0.5) is 0 Å². The molecule has 12 heavy (non-hydrogen) atoms. The van der Waals surface area contributed by atoms with Gasteiger partial charge in [0.2, 0.25) is 0 Å². The van der Waals surface area contributed by atoms with Crippen LogP contribution in [-0.2, 0) is 0 Å². The third-order valence-electron chi connectivity index (χ3n) is 2.74. The van der Waals surface area contributed by atoms with Crippen LogP contribution in [0, 0.1) is 0 Å². The van der Waals surface area contributed by atoms with Crippen molar-refractivity contribution >= 4 is 0 Å². The zero-order chi connectivity index (χ0) is 8.88. The van der Waals surface area contributed by atoms with E-state index in [2.05, 4.69) is 13.2 Å². The normalized spacial score (nSPS) is 42.3. The van der Waals surface area contributed by atoms with E-state index in [1.807, 2.05) is 4.90 Å². The maximum Gasteiger partial charge on any atom is 0.0893 e.